The van der Waals surface area contributed by atoms with Crippen molar-refractivity contribution >= 4 is 39.1 Å². The molecular formula is C18H17ClN2O3S. The van der Waals surface area contributed by atoms with E-state index in [-0.39, 0.29) is 11.7 Å². The molecule has 3 aromatic rings. The van der Waals surface area contributed by atoms with Crippen molar-refractivity contribution in [2.75, 3.05) is 0 Å². The zero-order valence-electron chi connectivity index (χ0n) is 14.0. The molecule has 1 atom stereocenters. The maximum atomic E-state index is 13.0. The average molecular weight is 377 g/mol. The lowest BCUT2D eigenvalue weighted by Gasteiger charge is -2.16. The molecule has 0 aliphatic carbocycles. The lowest BCUT2D eigenvalue weighted by Crippen LogP contribution is -2.30. The van der Waals surface area contributed by atoms with Gasteiger partial charge in [-0.05, 0) is 38.5 Å². The molecule has 0 fully saturated rings. The molecule has 25 heavy (non-hydrogen) atoms. The summed E-state index contributed by atoms with van der Waals surface area (Å²) in [5, 5.41) is 3.02. The molecule has 0 spiro atoms. The van der Waals surface area contributed by atoms with Crippen LogP contribution in [0.25, 0.3) is 21.3 Å². The highest BCUT2D eigenvalue weighted by Gasteiger charge is 2.22. The first-order valence-corrected chi connectivity index (χ1v) is 9.09. The fourth-order valence-electron chi connectivity index (χ4n) is 2.51. The van der Waals surface area contributed by atoms with Gasteiger partial charge in [-0.15, -0.1) is 11.3 Å². The van der Waals surface area contributed by atoms with E-state index in [0.29, 0.717) is 15.2 Å². The molecule has 2 aromatic heterocycles. The Balaban J connectivity index is 2.10. The highest BCUT2D eigenvalue weighted by atomic mass is 35.5. The Bertz CT molecular complexity index is 976. The fraction of sp³-hybridized carbons (Fsp3) is 0.278. The van der Waals surface area contributed by atoms with E-state index in [1.165, 1.54) is 22.2 Å². The van der Waals surface area contributed by atoms with Crippen LogP contribution in [-0.2, 0) is 9.53 Å². The predicted molar refractivity (Wildman–Crippen MR) is 100 cm³/mol. The molecule has 130 valence electrons. The summed E-state index contributed by atoms with van der Waals surface area (Å²) in [6.07, 6.45) is 1.16. The molecule has 0 aliphatic rings. The fourth-order valence-corrected chi connectivity index (χ4v) is 3.54. The van der Waals surface area contributed by atoms with Gasteiger partial charge >= 0.3 is 5.97 Å². The largest absolute Gasteiger partial charge is 0.461 e. The second-order valence-corrected chi connectivity index (χ2v) is 7.25. The van der Waals surface area contributed by atoms with Crippen molar-refractivity contribution in [3.8, 4) is 11.1 Å². The molecular weight excluding hydrogens is 360 g/mol. The molecule has 0 saturated heterocycles. The zero-order chi connectivity index (χ0) is 18.1. The molecule has 1 aromatic carbocycles. The van der Waals surface area contributed by atoms with Gasteiger partial charge in [-0.25, -0.2) is 9.78 Å². The van der Waals surface area contributed by atoms with Crippen LogP contribution in [0.4, 0.5) is 0 Å². The van der Waals surface area contributed by atoms with Gasteiger partial charge in [0.05, 0.1) is 17.8 Å². The average Bonchev–Trinajstić information content (AvgIpc) is 2.99. The number of nitrogens with zero attached hydrogens (tertiary/aromatic N) is 2. The topological polar surface area (TPSA) is 61.2 Å². The van der Waals surface area contributed by atoms with Crippen LogP contribution in [0, 0.1) is 0 Å². The molecule has 7 heteroatoms. The van der Waals surface area contributed by atoms with E-state index in [4.69, 9.17) is 16.3 Å². The highest BCUT2D eigenvalue weighted by Crippen LogP contribution is 2.31. The molecule has 0 bridgehead atoms. The smallest absolute Gasteiger partial charge is 0.329 e. The molecule has 0 N–H and O–H groups in total. The van der Waals surface area contributed by atoms with Gasteiger partial charge in [-0.3, -0.25) is 9.36 Å². The van der Waals surface area contributed by atoms with Gasteiger partial charge in [0.15, 0.2) is 0 Å². The third kappa shape index (κ3) is 3.45. The van der Waals surface area contributed by atoms with Gasteiger partial charge in [0, 0.05) is 16.0 Å². The second kappa shape index (κ2) is 6.98. The van der Waals surface area contributed by atoms with Crippen LogP contribution in [0.2, 0.25) is 5.02 Å². The third-order valence-electron chi connectivity index (χ3n) is 3.78. The first-order chi connectivity index (χ1) is 11.9. The van der Waals surface area contributed by atoms with Gasteiger partial charge in [-0.2, -0.15) is 0 Å². The summed E-state index contributed by atoms with van der Waals surface area (Å²) in [7, 11) is 0. The van der Waals surface area contributed by atoms with Crippen molar-refractivity contribution in [2.45, 2.75) is 32.9 Å². The number of esters is 1. The Morgan fingerprint density at radius 1 is 1.24 bits per heavy atom. The minimum absolute atomic E-state index is 0.242. The van der Waals surface area contributed by atoms with Gasteiger partial charge in [-0.1, -0.05) is 23.7 Å². The summed E-state index contributed by atoms with van der Waals surface area (Å²) >= 11 is 7.33. The van der Waals surface area contributed by atoms with E-state index >= 15 is 0 Å². The first kappa shape index (κ1) is 17.6. The van der Waals surface area contributed by atoms with Gasteiger partial charge in [0.1, 0.15) is 10.9 Å². The Kier molecular flexibility index (Phi) is 4.92. The molecule has 5 nitrogen and oxygen atoms in total. The maximum Gasteiger partial charge on any atom is 0.329 e. The molecule has 2 heterocycles. The van der Waals surface area contributed by atoms with Crippen LogP contribution in [-0.4, -0.2) is 21.6 Å². The van der Waals surface area contributed by atoms with Gasteiger partial charge in [0.25, 0.3) is 5.56 Å². The number of aromatic nitrogens is 2. The van der Waals surface area contributed by atoms with Gasteiger partial charge in [0.2, 0.25) is 0 Å². The van der Waals surface area contributed by atoms with E-state index in [9.17, 15) is 9.59 Å². The lowest BCUT2D eigenvalue weighted by molar-refractivity contribution is -0.151. The molecule has 0 aliphatic heterocycles. The number of halogens is 1. The van der Waals surface area contributed by atoms with Crippen molar-refractivity contribution in [1.82, 2.24) is 9.55 Å². The number of thiophene rings is 1. The van der Waals surface area contributed by atoms with Crippen molar-refractivity contribution in [3.63, 3.8) is 0 Å². The number of ether oxygens (including phenoxy) is 1. The van der Waals surface area contributed by atoms with E-state index in [2.05, 4.69) is 4.98 Å². The number of hydrogen-bond donors (Lipinski definition) is 0. The van der Waals surface area contributed by atoms with Crippen LogP contribution in [0.5, 0.6) is 0 Å². The summed E-state index contributed by atoms with van der Waals surface area (Å²) < 4.78 is 6.52. The summed E-state index contributed by atoms with van der Waals surface area (Å²) in [5.74, 6) is -0.457. The number of rotatable bonds is 4. The predicted octanol–water partition coefficient (Wildman–Crippen LogP) is 4.29. The van der Waals surface area contributed by atoms with Crippen LogP contribution in [0.15, 0.2) is 40.8 Å². The van der Waals surface area contributed by atoms with E-state index < -0.39 is 12.0 Å². The Hall–Kier alpha value is -2.18. The first-order valence-electron chi connectivity index (χ1n) is 7.83. The molecule has 3 rings (SSSR count). The number of carbonyl (C=O) groups is 1. The second-order valence-electron chi connectivity index (χ2n) is 5.96. The van der Waals surface area contributed by atoms with Crippen molar-refractivity contribution in [2.24, 2.45) is 0 Å². The maximum absolute atomic E-state index is 13.0. The minimum atomic E-state index is -0.746. The molecule has 0 saturated carbocycles. The van der Waals surface area contributed by atoms with E-state index in [0.717, 1.165) is 11.1 Å². The van der Waals surface area contributed by atoms with Crippen LogP contribution < -0.4 is 5.56 Å². The monoisotopic (exact) mass is 376 g/mol. The number of fused-ring (bicyclic) bond motifs is 1. The summed E-state index contributed by atoms with van der Waals surface area (Å²) in [6.45, 7) is 5.17. The molecule has 0 unspecified atom stereocenters. The standard InChI is InChI=1S/C18H17ClN2O3S/c1-10(2)24-18(23)11(3)21-9-20-16-15(17(21)22)14(8-25-16)12-4-6-13(19)7-5-12/h4-11H,1-3H3/t11-/m0/s1. The summed E-state index contributed by atoms with van der Waals surface area (Å²) in [6, 6.07) is 6.52. The minimum Gasteiger partial charge on any atom is -0.461 e. The summed E-state index contributed by atoms with van der Waals surface area (Å²) in [5.41, 5.74) is 1.40. The van der Waals surface area contributed by atoms with Crippen molar-refractivity contribution in [1.29, 1.82) is 0 Å². The third-order valence-corrected chi connectivity index (χ3v) is 4.92. The van der Waals surface area contributed by atoms with Crippen molar-refractivity contribution in [3.05, 3.63) is 51.3 Å². The van der Waals surface area contributed by atoms with Crippen LogP contribution >= 0.6 is 22.9 Å². The molecule has 0 amide bonds. The normalized spacial score (nSPS) is 12.5. The Morgan fingerprint density at radius 3 is 2.56 bits per heavy atom. The van der Waals surface area contributed by atoms with Gasteiger partial charge < -0.3 is 4.74 Å². The SMILES string of the molecule is CC(C)OC(=O)[C@H](C)n1cnc2scc(-c3ccc(Cl)cc3)c2c1=O. The zero-order valence-corrected chi connectivity index (χ0v) is 15.6. The number of hydrogen-bond acceptors (Lipinski definition) is 5. The Morgan fingerprint density at radius 2 is 1.92 bits per heavy atom. The van der Waals surface area contributed by atoms with Crippen molar-refractivity contribution < 1.29 is 9.53 Å². The Labute approximate surface area is 153 Å². The molecule has 0 radical (unpaired) electrons. The number of carbonyl (C=O) groups excluding carboxylic acids is 1. The van der Waals surface area contributed by atoms with Crippen LogP contribution in [0.1, 0.15) is 26.8 Å². The van der Waals surface area contributed by atoms with Crippen LogP contribution in [0.3, 0.4) is 0 Å². The lowest BCUT2D eigenvalue weighted by atomic mass is 10.1. The summed E-state index contributed by atoms with van der Waals surface area (Å²) in [4.78, 5) is 30.1. The van der Waals surface area contributed by atoms with E-state index in [1.54, 1.807) is 32.9 Å². The highest BCUT2D eigenvalue weighted by molar-refractivity contribution is 7.17. The van der Waals surface area contributed by atoms with E-state index in [1.807, 2.05) is 17.5 Å². The number of benzene rings is 1. The quantitative estimate of drug-likeness (QED) is 0.637.